The van der Waals surface area contributed by atoms with Crippen molar-refractivity contribution in [2.24, 2.45) is 0 Å². The number of hydrogen-bond donors (Lipinski definition) is 1. The molecule has 0 aliphatic heterocycles. The van der Waals surface area contributed by atoms with Gasteiger partial charge in [0.1, 0.15) is 5.60 Å². The van der Waals surface area contributed by atoms with Gasteiger partial charge in [-0.1, -0.05) is 36.4 Å². The van der Waals surface area contributed by atoms with E-state index in [2.05, 4.69) is 11.4 Å². The lowest BCUT2D eigenvalue weighted by Gasteiger charge is -2.26. The van der Waals surface area contributed by atoms with Crippen LogP contribution in [0.25, 0.3) is 0 Å². The molecule has 3 nitrogen and oxygen atoms in total. The zero-order valence-corrected chi connectivity index (χ0v) is 11.8. The fraction of sp³-hybridized carbons (Fsp3) is 0.353. The van der Waals surface area contributed by atoms with Crippen LogP contribution >= 0.6 is 0 Å². The molecule has 0 bridgehead atoms. The van der Waals surface area contributed by atoms with Gasteiger partial charge in [0.2, 0.25) is 0 Å². The van der Waals surface area contributed by atoms with Gasteiger partial charge in [-0.25, -0.2) is 4.79 Å². The molecule has 1 N–H and O–H groups in total. The van der Waals surface area contributed by atoms with Crippen LogP contribution in [0.4, 0.5) is 10.5 Å². The molecule has 0 spiro atoms. The first kappa shape index (κ1) is 14.4. The van der Waals surface area contributed by atoms with Gasteiger partial charge >= 0.3 is 6.09 Å². The van der Waals surface area contributed by atoms with Crippen LogP contribution in [-0.4, -0.2) is 11.7 Å². The van der Waals surface area contributed by atoms with Crippen molar-refractivity contribution in [2.75, 3.05) is 5.32 Å². The molecule has 0 heterocycles. The molecule has 0 unspecified atom stereocenters. The van der Waals surface area contributed by atoms with Crippen LogP contribution < -0.4 is 5.32 Å². The molecular weight excluding hydrogens is 250 g/mol. The summed E-state index contributed by atoms with van der Waals surface area (Å²) in [4.78, 5) is 12.0. The van der Waals surface area contributed by atoms with Crippen molar-refractivity contribution >= 4 is 11.8 Å². The Hall–Kier alpha value is -2.03. The van der Waals surface area contributed by atoms with E-state index >= 15 is 0 Å². The first-order valence-corrected chi connectivity index (χ1v) is 7.07. The van der Waals surface area contributed by atoms with E-state index in [4.69, 9.17) is 4.74 Å². The van der Waals surface area contributed by atoms with Crippen LogP contribution in [0.3, 0.4) is 0 Å². The minimum absolute atomic E-state index is 0.411. The molecule has 1 aliphatic carbocycles. The Bertz CT molecular complexity index is 493. The molecule has 0 saturated carbocycles. The van der Waals surface area contributed by atoms with Crippen molar-refractivity contribution in [3.05, 3.63) is 54.6 Å². The molecule has 0 fully saturated rings. The Kier molecular flexibility index (Phi) is 4.99. The van der Waals surface area contributed by atoms with E-state index < -0.39 is 11.7 Å². The second kappa shape index (κ2) is 6.94. The van der Waals surface area contributed by atoms with Gasteiger partial charge < -0.3 is 4.74 Å². The number of anilines is 1. The van der Waals surface area contributed by atoms with E-state index in [1.54, 1.807) is 0 Å². The SMILES string of the molecule is C[C@]1(OC(=O)Nc2ccccc2)/C=C\C=C/CCCC1. The maximum atomic E-state index is 12.0. The summed E-state index contributed by atoms with van der Waals surface area (Å²) in [5, 5.41) is 2.75. The number of carbonyl (C=O) groups is 1. The van der Waals surface area contributed by atoms with Crippen molar-refractivity contribution < 1.29 is 9.53 Å². The second-order valence-electron chi connectivity index (χ2n) is 5.23. The Balaban J connectivity index is 1.97. The molecular formula is C17H21NO2. The van der Waals surface area contributed by atoms with E-state index in [0.29, 0.717) is 0 Å². The van der Waals surface area contributed by atoms with Gasteiger partial charge in [0.25, 0.3) is 0 Å². The van der Waals surface area contributed by atoms with Crippen LogP contribution in [0.2, 0.25) is 0 Å². The lowest BCUT2D eigenvalue weighted by Crippen LogP contribution is -2.31. The Labute approximate surface area is 120 Å². The molecule has 0 aromatic heterocycles. The van der Waals surface area contributed by atoms with Crippen molar-refractivity contribution in [2.45, 2.75) is 38.2 Å². The molecule has 1 aromatic carbocycles. The highest BCUT2D eigenvalue weighted by atomic mass is 16.6. The molecule has 106 valence electrons. The van der Waals surface area contributed by atoms with Crippen LogP contribution in [0, 0.1) is 0 Å². The zero-order valence-electron chi connectivity index (χ0n) is 11.8. The van der Waals surface area contributed by atoms with Crippen LogP contribution in [0.1, 0.15) is 32.6 Å². The summed E-state index contributed by atoms with van der Waals surface area (Å²) in [6, 6.07) is 9.34. The summed E-state index contributed by atoms with van der Waals surface area (Å²) in [6.07, 6.45) is 11.8. The lowest BCUT2D eigenvalue weighted by atomic mass is 9.98. The van der Waals surface area contributed by atoms with Gasteiger partial charge in [-0.2, -0.15) is 0 Å². The summed E-state index contributed by atoms with van der Waals surface area (Å²) >= 11 is 0. The minimum atomic E-state index is -0.548. The van der Waals surface area contributed by atoms with Gasteiger partial charge in [-0.15, -0.1) is 0 Å². The quantitative estimate of drug-likeness (QED) is 0.848. The van der Waals surface area contributed by atoms with E-state index in [1.807, 2.05) is 55.5 Å². The smallest absolute Gasteiger partial charge is 0.412 e. The standard InChI is InChI=1S/C17H21NO2/c1-17(13-9-4-2-3-5-10-14-17)20-16(19)18-15-11-7-6-8-12-15/h2,4,6-9,11-13H,3,5,10,14H2,1H3,(H,18,19)/b4-2-,13-9-/t17-/m0/s1. The van der Waals surface area contributed by atoms with Crippen molar-refractivity contribution in [3.8, 4) is 0 Å². The fourth-order valence-electron chi connectivity index (χ4n) is 2.22. The molecule has 20 heavy (non-hydrogen) atoms. The van der Waals surface area contributed by atoms with Crippen molar-refractivity contribution in [1.82, 2.24) is 0 Å². The number of hydrogen-bond acceptors (Lipinski definition) is 2. The maximum Gasteiger partial charge on any atom is 0.412 e. The van der Waals surface area contributed by atoms with Gasteiger partial charge in [0.15, 0.2) is 0 Å². The highest BCUT2D eigenvalue weighted by Gasteiger charge is 2.25. The average Bonchev–Trinajstić information content (AvgIpc) is 2.52. The predicted molar refractivity (Wildman–Crippen MR) is 81.7 cm³/mol. The number of para-hydroxylation sites is 1. The molecule has 0 radical (unpaired) electrons. The third-order valence-corrected chi connectivity index (χ3v) is 3.34. The predicted octanol–water partition coefficient (Wildman–Crippen LogP) is 4.68. The van der Waals surface area contributed by atoms with Gasteiger partial charge in [-0.3, -0.25) is 5.32 Å². The molecule has 1 aromatic rings. The minimum Gasteiger partial charge on any atom is -0.439 e. The molecule has 1 aliphatic rings. The van der Waals surface area contributed by atoms with E-state index in [-0.39, 0.29) is 0 Å². The molecule has 2 rings (SSSR count). The topological polar surface area (TPSA) is 38.3 Å². The highest BCUT2D eigenvalue weighted by Crippen LogP contribution is 2.23. The number of benzene rings is 1. The first-order valence-electron chi connectivity index (χ1n) is 7.07. The third-order valence-electron chi connectivity index (χ3n) is 3.34. The molecule has 3 heteroatoms. The first-order chi connectivity index (χ1) is 9.68. The maximum absolute atomic E-state index is 12.0. The normalized spacial score (nSPS) is 25.6. The van der Waals surface area contributed by atoms with E-state index in [9.17, 15) is 4.79 Å². The van der Waals surface area contributed by atoms with E-state index in [1.165, 1.54) is 0 Å². The van der Waals surface area contributed by atoms with Crippen LogP contribution in [-0.2, 0) is 4.74 Å². The largest absolute Gasteiger partial charge is 0.439 e. The van der Waals surface area contributed by atoms with Gasteiger partial charge in [-0.05, 0) is 50.8 Å². The summed E-state index contributed by atoms with van der Waals surface area (Å²) in [7, 11) is 0. The Morgan fingerprint density at radius 3 is 2.80 bits per heavy atom. The van der Waals surface area contributed by atoms with Crippen LogP contribution in [0.5, 0.6) is 0 Å². The monoisotopic (exact) mass is 271 g/mol. The number of amides is 1. The van der Waals surface area contributed by atoms with Gasteiger partial charge in [0.05, 0.1) is 0 Å². The number of rotatable bonds is 2. The molecule has 0 saturated heterocycles. The summed E-state index contributed by atoms with van der Waals surface area (Å²) in [5.74, 6) is 0. The zero-order chi connectivity index (χ0) is 14.3. The fourth-order valence-corrected chi connectivity index (χ4v) is 2.22. The van der Waals surface area contributed by atoms with Crippen molar-refractivity contribution in [1.29, 1.82) is 0 Å². The number of nitrogens with one attached hydrogen (secondary N) is 1. The lowest BCUT2D eigenvalue weighted by molar-refractivity contribution is 0.0627. The van der Waals surface area contributed by atoms with Crippen LogP contribution in [0.15, 0.2) is 54.6 Å². The third kappa shape index (κ3) is 4.57. The van der Waals surface area contributed by atoms with Crippen molar-refractivity contribution in [3.63, 3.8) is 0 Å². The number of carbonyl (C=O) groups excluding carboxylic acids is 1. The van der Waals surface area contributed by atoms with Gasteiger partial charge in [0, 0.05) is 5.69 Å². The summed E-state index contributed by atoms with van der Waals surface area (Å²) < 4.78 is 5.60. The average molecular weight is 271 g/mol. The number of ether oxygens (including phenoxy) is 1. The van der Waals surface area contributed by atoms with E-state index in [0.717, 1.165) is 31.4 Å². The summed E-state index contributed by atoms with van der Waals surface area (Å²) in [6.45, 7) is 1.95. The molecule has 1 atom stereocenters. The Morgan fingerprint density at radius 2 is 2.00 bits per heavy atom. The molecule has 1 amide bonds. The number of allylic oxidation sites excluding steroid dienone is 3. The Morgan fingerprint density at radius 1 is 1.20 bits per heavy atom. The second-order valence-corrected chi connectivity index (χ2v) is 5.23. The summed E-state index contributed by atoms with van der Waals surface area (Å²) in [5.41, 5.74) is 0.195. The highest BCUT2D eigenvalue weighted by molar-refractivity contribution is 5.84.